The molecule has 0 aromatic heterocycles. The molecule has 2 aliphatic heterocycles. The first-order chi connectivity index (χ1) is 22.7. The smallest absolute Gasteiger partial charge is 0.269 e. The Morgan fingerprint density at radius 3 is 2.19 bits per heavy atom. The highest BCUT2D eigenvalue weighted by molar-refractivity contribution is 6.58. The van der Waals surface area contributed by atoms with Crippen molar-refractivity contribution < 1.29 is 38.3 Å². The van der Waals surface area contributed by atoms with Crippen LogP contribution in [0.5, 0.6) is 11.5 Å². The molecule has 246 valence electrons. The van der Waals surface area contributed by atoms with E-state index in [2.05, 4.69) is 0 Å². The molecule has 3 aromatic rings. The topological polar surface area (TPSA) is 147 Å². The molecule has 2 heterocycles. The second-order valence-electron chi connectivity index (χ2n) is 12.1. The van der Waals surface area contributed by atoms with Crippen LogP contribution in [-0.4, -0.2) is 50.5 Å². The number of aromatic hydroxyl groups is 1. The van der Waals surface area contributed by atoms with E-state index in [1.807, 2.05) is 0 Å². The Labute approximate surface area is 286 Å². The van der Waals surface area contributed by atoms with Gasteiger partial charge in [0.1, 0.15) is 5.82 Å². The lowest BCUT2D eigenvalue weighted by Crippen LogP contribution is -2.60. The van der Waals surface area contributed by atoms with E-state index in [0.29, 0.717) is 5.57 Å². The third kappa shape index (κ3) is 4.25. The molecule has 4 amide bonds. The van der Waals surface area contributed by atoms with E-state index in [0.717, 1.165) is 21.9 Å². The zero-order valence-corrected chi connectivity index (χ0v) is 27.0. The standard InChI is InChI=1S/C33H23Cl3FN3O8/c1-48-24-13-15(12-23(34)27(24)41)26-20-10-11-21-25(29(43)38(28(21)42)17-6-8-19(9-7-17)40(46)47)22(20)14-32(35)30(44)39(31(45)33(26,32)36)18-4-2-16(37)3-5-18/h2-10,12-13,21-22,25-26,41H,11,14H2,1H3. The summed E-state index contributed by atoms with van der Waals surface area (Å²) in [5, 5.41) is 21.6. The quantitative estimate of drug-likeness (QED) is 0.114. The summed E-state index contributed by atoms with van der Waals surface area (Å²) >= 11 is 21.1. The van der Waals surface area contributed by atoms with Gasteiger partial charge >= 0.3 is 0 Å². The van der Waals surface area contributed by atoms with Crippen molar-refractivity contribution in [3.63, 3.8) is 0 Å². The van der Waals surface area contributed by atoms with Crippen molar-refractivity contribution in [3.05, 3.63) is 98.8 Å². The molecule has 7 rings (SSSR count). The number of hydrogen-bond donors (Lipinski definition) is 1. The molecule has 0 spiro atoms. The molecule has 2 saturated heterocycles. The second kappa shape index (κ2) is 11.0. The Hall–Kier alpha value is -4.52. The number of anilines is 2. The number of phenolic OH excluding ortho intramolecular Hbond substituents is 1. The van der Waals surface area contributed by atoms with Gasteiger partial charge < -0.3 is 9.84 Å². The number of hydrogen-bond acceptors (Lipinski definition) is 8. The summed E-state index contributed by atoms with van der Waals surface area (Å²) in [6.45, 7) is 0. The van der Waals surface area contributed by atoms with Crippen LogP contribution in [0.3, 0.4) is 0 Å². The highest BCUT2D eigenvalue weighted by Gasteiger charge is 2.76. The van der Waals surface area contributed by atoms with Crippen molar-refractivity contribution in [2.45, 2.75) is 28.5 Å². The second-order valence-corrected chi connectivity index (χ2v) is 13.7. The van der Waals surface area contributed by atoms with Gasteiger partial charge in [-0.1, -0.05) is 23.3 Å². The number of fused-ring (bicyclic) bond motifs is 4. The lowest BCUT2D eigenvalue weighted by atomic mass is 9.56. The number of alkyl halides is 2. The van der Waals surface area contributed by atoms with Gasteiger partial charge in [0.25, 0.3) is 17.5 Å². The number of nitrogens with zero attached hydrogens (tertiary/aromatic N) is 3. The number of allylic oxidation sites excluding steroid dienone is 2. The zero-order chi connectivity index (χ0) is 34.4. The number of methoxy groups -OCH3 is 1. The molecule has 1 saturated carbocycles. The minimum atomic E-state index is -2.22. The number of ether oxygens (including phenoxy) is 1. The Morgan fingerprint density at radius 1 is 0.938 bits per heavy atom. The first-order valence-corrected chi connectivity index (χ1v) is 15.8. The van der Waals surface area contributed by atoms with Crippen molar-refractivity contribution in [2.75, 3.05) is 16.9 Å². The maximum Gasteiger partial charge on any atom is 0.269 e. The summed E-state index contributed by atoms with van der Waals surface area (Å²) in [5.74, 6) is -8.00. The van der Waals surface area contributed by atoms with Crippen LogP contribution in [0, 0.1) is 33.7 Å². The van der Waals surface area contributed by atoms with Gasteiger partial charge in [-0.15, -0.1) is 23.2 Å². The molecular weight excluding hydrogens is 692 g/mol. The number of halogens is 4. The van der Waals surface area contributed by atoms with E-state index >= 15 is 0 Å². The SMILES string of the molecule is COc1cc(C2C3=CCC4C(=O)N(c5ccc([N+](=O)[O-])cc5)C(=O)C4C3CC3(Cl)C(=O)N(c4ccc(F)cc4)C(=O)C23Cl)cc(Cl)c1O. The van der Waals surface area contributed by atoms with Crippen molar-refractivity contribution >= 4 is 75.5 Å². The summed E-state index contributed by atoms with van der Waals surface area (Å²) in [5.41, 5.74) is 0.633. The highest BCUT2D eigenvalue weighted by atomic mass is 35.5. The first-order valence-electron chi connectivity index (χ1n) is 14.7. The van der Waals surface area contributed by atoms with E-state index in [1.165, 1.54) is 55.6 Å². The molecule has 6 unspecified atom stereocenters. The number of nitro benzene ring substituents is 1. The molecule has 15 heteroatoms. The molecule has 0 radical (unpaired) electrons. The van der Waals surface area contributed by atoms with Crippen LogP contribution >= 0.6 is 34.8 Å². The van der Waals surface area contributed by atoms with Crippen LogP contribution in [0.1, 0.15) is 24.3 Å². The minimum absolute atomic E-state index is 0.0206. The minimum Gasteiger partial charge on any atom is -0.503 e. The molecule has 48 heavy (non-hydrogen) atoms. The fourth-order valence-electron chi connectivity index (χ4n) is 7.67. The van der Waals surface area contributed by atoms with Gasteiger partial charge in [-0.2, -0.15) is 0 Å². The lowest BCUT2D eigenvalue weighted by molar-refractivity contribution is -0.384. The van der Waals surface area contributed by atoms with Gasteiger partial charge in [0.15, 0.2) is 21.2 Å². The molecule has 0 bridgehead atoms. The van der Waals surface area contributed by atoms with E-state index in [1.54, 1.807) is 6.08 Å². The van der Waals surface area contributed by atoms with Crippen LogP contribution in [-0.2, 0) is 19.2 Å². The fourth-order valence-corrected chi connectivity index (χ4v) is 8.82. The summed E-state index contributed by atoms with van der Waals surface area (Å²) in [4.78, 5) is 64.7. The summed E-state index contributed by atoms with van der Waals surface area (Å²) in [7, 11) is 1.29. The first kappa shape index (κ1) is 32.0. The normalized spacial score (nSPS) is 29.4. The summed E-state index contributed by atoms with van der Waals surface area (Å²) in [6, 6.07) is 12.4. The van der Waals surface area contributed by atoms with E-state index < -0.39 is 67.8 Å². The number of carbonyl (C=O) groups excluding carboxylic acids is 4. The van der Waals surface area contributed by atoms with E-state index in [4.69, 9.17) is 39.5 Å². The van der Waals surface area contributed by atoms with Gasteiger partial charge in [0.05, 0.1) is 40.3 Å². The molecule has 2 aliphatic carbocycles. The average Bonchev–Trinajstić information content (AvgIpc) is 3.40. The molecule has 3 aromatic carbocycles. The summed E-state index contributed by atoms with van der Waals surface area (Å²) < 4.78 is 19.2. The van der Waals surface area contributed by atoms with Crippen LogP contribution < -0.4 is 14.5 Å². The molecular formula is C33H23Cl3FN3O8. The highest BCUT2D eigenvalue weighted by Crippen LogP contribution is 2.66. The number of phenols is 1. The number of non-ortho nitro benzene ring substituents is 1. The number of imide groups is 2. The van der Waals surface area contributed by atoms with Gasteiger partial charge in [0.2, 0.25) is 11.8 Å². The molecule has 3 fully saturated rings. The monoisotopic (exact) mass is 713 g/mol. The number of nitro groups is 1. The predicted molar refractivity (Wildman–Crippen MR) is 172 cm³/mol. The molecule has 11 nitrogen and oxygen atoms in total. The molecule has 4 aliphatic rings. The van der Waals surface area contributed by atoms with E-state index in [-0.39, 0.29) is 52.0 Å². The third-order valence-electron chi connectivity index (χ3n) is 9.82. The van der Waals surface area contributed by atoms with Crippen LogP contribution in [0.4, 0.5) is 21.5 Å². The third-order valence-corrected chi connectivity index (χ3v) is 11.5. The number of carbonyl (C=O) groups is 4. The average molecular weight is 715 g/mol. The van der Waals surface area contributed by atoms with Crippen LogP contribution in [0.2, 0.25) is 5.02 Å². The number of amides is 4. The fraction of sp³-hybridized carbons (Fsp3) is 0.273. The maximum absolute atomic E-state index is 14.5. The van der Waals surface area contributed by atoms with Gasteiger partial charge in [0, 0.05) is 18.1 Å². The zero-order valence-electron chi connectivity index (χ0n) is 24.7. The van der Waals surface area contributed by atoms with Crippen molar-refractivity contribution in [2.24, 2.45) is 17.8 Å². The Kier molecular flexibility index (Phi) is 7.35. The van der Waals surface area contributed by atoms with E-state index in [9.17, 15) is 38.8 Å². The van der Waals surface area contributed by atoms with Gasteiger partial charge in [-0.25, -0.2) is 9.29 Å². The number of benzene rings is 3. The Morgan fingerprint density at radius 2 is 1.56 bits per heavy atom. The van der Waals surface area contributed by atoms with Gasteiger partial charge in [-0.3, -0.25) is 34.2 Å². The van der Waals surface area contributed by atoms with Crippen LogP contribution in [0.25, 0.3) is 0 Å². The molecule has 1 N–H and O–H groups in total. The summed E-state index contributed by atoms with van der Waals surface area (Å²) in [6.07, 6.45) is 1.46. The predicted octanol–water partition coefficient (Wildman–Crippen LogP) is 5.87. The van der Waals surface area contributed by atoms with Gasteiger partial charge in [-0.05, 0) is 72.9 Å². The number of rotatable bonds is 5. The Balaban J connectivity index is 1.39. The van der Waals surface area contributed by atoms with Crippen molar-refractivity contribution in [1.82, 2.24) is 0 Å². The largest absolute Gasteiger partial charge is 0.503 e. The Bertz CT molecular complexity index is 1990. The lowest BCUT2D eigenvalue weighted by Gasteiger charge is -2.50. The molecule has 6 atom stereocenters. The van der Waals surface area contributed by atoms with Crippen LogP contribution in [0.15, 0.2) is 72.3 Å². The van der Waals surface area contributed by atoms with Crippen molar-refractivity contribution in [1.29, 1.82) is 0 Å². The maximum atomic E-state index is 14.5. The van der Waals surface area contributed by atoms with Crippen molar-refractivity contribution in [3.8, 4) is 11.5 Å².